The molecule has 0 aliphatic carbocycles. The minimum atomic E-state index is -5.48. The predicted molar refractivity (Wildman–Crippen MR) is 314 cm³/mol. The summed E-state index contributed by atoms with van der Waals surface area (Å²) in [5.74, 6) is -0.625. The molecular weight excluding hydrogens is 1080 g/mol. The highest BCUT2D eigenvalue weighted by molar-refractivity contribution is 7.61. The largest absolute Gasteiger partial charge is 0.481 e. The number of carbonyl (C=O) groups is 2. The molecule has 3 unspecified atom stereocenters. The van der Waals surface area contributed by atoms with E-state index in [9.17, 15) is 53.7 Å². The van der Waals surface area contributed by atoms with Crippen molar-refractivity contribution in [1.29, 1.82) is 0 Å². The van der Waals surface area contributed by atoms with E-state index in [1.165, 1.54) is 102 Å². The summed E-state index contributed by atoms with van der Waals surface area (Å²) in [5.41, 5.74) is 4.58. The number of phosphoric acid groups is 2. The van der Waals surface area contributed by atoms with E-state index in [2.05, 4.69) is 23.1 Å². The zero-order valence-electron chi connectivity index (χ0n) is 48.5. The number of rotatable bonds is 48. The molecule has 20 nitrogen and oxygen atoms in total. The molecule has 10 atom stereocenters. The first-order valence-electron chi connectivity index (χ1n) is 29.6. The summed E-state index contributed by atoms with van der Waals surface area (Å²) in [6.45, 7) is 4.19. The molecule has 0 amide bonds. The van der Waals surface area contributed by atoms with Gasteiger partial charge in [0, 0.05) is 19.0 Å². The van der Waals surface area contributed by atoms with Gasteiger partial charge in [-0.1, -0.05) is 216 Å². The van der Waals surface area contributed by atoms with Crippen LogP contribution in [0.3, 0.4) is 0 Å². The van der Waals surface area contributed by atoms with Crippen LogP contribution in [0.1, 0.15) is 200 Å². The van der Waals surface area contributed by atoms with Crippen LogP contribution in [0.2, 0.25) is 0 Å². The summed E-state index contributed by atoms with van der Waals surface area (Å²) in [4.78, 5) is 62.2. The summed E-state index contributed by atoms with van der Waals surface area (Å²) in [6.07, 6.45) is 40.3. The van der Waals surface area contributed by atoms with Gasteiger partial charge >= 0.3 is 33.3 Å². The first-order valence-corrected chi connectivity index (χ1v) is 32.6. The summed E-state index contributed by atoms with van der Waals surface area (Å²) in [7, 11) is -11.0. The molecule has 0 radical (unpaired) electrons. The van der Waals surface area contributed by atoms with Crippen molar-refractivity contribution in [2.45, 2.75) is 237 Å². The fourth-order valence-electron chi connectivity index (χ4n) is 8.56. The Balaban J connectivity index is 1.80. The summed E-state index contributed by atoms with van der Waals surface area (Å²) in [6, 6.07) is 1.24. The van der Waals surface area contributed by atoms with Crippen molar-refractivity contribution in [3.8, 4) is 0 Å². The molecule has 8 N–H and O–H groups in total. The van der Waals surface area contributed by atoms with Gasteiger partial charge in [0.15, 0.2) is 12.3 Å². The van der Waals surface area contributed by atoms with Crippen molar-refractivity contribution in [2.24, 2.45) is 5.92 Å². The molecule has 1 aliphatic heterocycles. The van der Waals surface area contributed by atoms with E-state index < -0.39 is 95.9 Å². The molecule has 22 heteroatoms. The number of hydrogen-bond donors (Lipinski definition) is 7. The van der Waals surface area contributed by atoms with Gasteiger partial charge in [-0.2, -0.15) is 9.29 Å². The molecule has 2 heterocycles. The van der Waals surface area contributed by atoms with E-state index in [4.69, 9.17) is 29.0 Å². The number of esters is 2. The Kier molecular flexibility index (Phi) is 40.3. The second kappa shape index (κ2) is 44.6. The number of nitrogens with two attached hydrogens (primary N) is 1. The maximum atomic E-state index is 12.9. The molecule has 0 aromatic carbocycles. The van der Waals surface area contributed by atoms with Crippen LogP contribution in [-0.2, 0) is 46.3 Å². The number of hydrogen-bond acceptors (Lipinski definition) is 17. The third-order valence-electron chi connectivity index (χ3n) is 13.5. The van der Waals surface area contributed by atoms with Crippen LogP contribution in [0.15, 0.2) is 90.0 Å². The van der Waals surface area contributed by atoms with Gasteiger partial charge in [-0.3, -0.25) is 23.2 Å². The quantitative estimate of drug-likeness (QED) is 0.0105. The molecule has 2 rings (SSSR count). The third-order valence-corrected chi connectivity index (χ3v) is 16.1. The number of allylic oxidation sites excluding steroid dienone is 8. The van der Waals surface area contributed by atoms with E-state index in [0.717, 1.165) is 48.8 Å². The number of nitrogen functional groups attached to an aromatic ring is 1. The van der Waals surface area contributed by atoms with Gasteiger partial charge in [-0.05, 0) is 50.5 Å². The van der Waals surface area contributed by atoms with E-state index in [-0.39, 0.29) is 25.1 Å². The van der Waals surface area contributed by atoms with Crippen molar-refractivity contribution >= 4 is 33.4 Å². The SMILES string of the molecule is CC/C=C\C[C@H](O)/C=C/C=C\C/C=C\C=C\[C@H](O)/C=C\CCCC(=O)O[C@H](COC(=O)CCCCCCCCCCCCCCCCCCCCC(C)CC)COP(=O)(O)OP(=O)(O)OC[C@H]1O[C@@H](n2ccc(N)nc2=O)[C@H](O)[C@@H]1O. The lowest BCUT2D eigenvalue weighted by atomic mass is 9.99. The molecule has 81 heavy (non-hydrogen) atoms. The highest BCUT2D eigenvalue weighted by atomic mass is 31.3. The van der Waals surface area contributed by atoms with Crippen molar-refractivity contribution in [3.05, 3.63) is 95.7 Å². The normalized spacial score (nSPS) is 20.0. The monoisotopic (exact) mass is 1180 g/mol. The number of aliphatic hydroxyl groups is 4. The first-order chi connectivity index (χ1) is 38.9. The lowest BCUT2D eigenvalue weighted by Crippen LogP contribution is -2.36. The van der Waals surface area contributed by atoms with Gasteiger partial charge in [0.25, 0.3) is 0 Å². The molecule has 1 aromatic heterocycles. The van der Waals surface area contributed by atoms with Crippen LogP contribution < -0.4 is 11.4 Å². The summed E-state index contributed by atoms with van der Waals surface area (Å²) >= 11 is 0. The van der Waals surface area contributed by atoms with Crippen LogP contribution in [0.4, 0.5) is 5.82 Å². The Labute approximate surface area is 481 Å². The topological polar surface area (TPSA) is 306 Å². The number of unbranched alkanes of at least 4 members (excludes halogenated alkanes) is 18. The van der Waals surface area contributed by atoms with Crippen LogP contribution in [0.25, 0.3) is 0 Å². The molecule has 462 valence electrons. The second-order valence-corrected chi connectivity index (χ2v) is 23.8. The molecule has 1 fully saturated rings. The fraction of sp³-hybridized carbons (Fsp3) is 0.695. The lowest BCUT2D eigenvalue weighted by molar-refractivity contribution is -0.161. The van der Waals surface area contributed by atoms with Gasteiger partial charge in [-0.15, -0.1) is 0 Å². The molecule has 0 bridgehead atoms. The predicted octanol–water partition coefficient (Wildman–Crippen LogP) is 11.4. The number of carbonyl (C=O) groups excluding carboxylic acids is 2. The van der Waals surface area contributed by atoms with Gasteiger partial charge in [0.2, 0.25) is 0 Å². The highest BCUT2D eigenvalue weighted by Gasteiger charge is 2.46. The van der Waals surface area contributed by atoms with E-state index in [1.807, 2.05) is 37.3 Å². The number of aliphatic hydroxyl groups excluding tert-OH is 4. The van der Waals surface area contributed by atoms with E-state index in [0.29, 0.717) is 25.7 Å². The Morgan fingerprint density at radius 3 is 1.88 bits per heavy atom. The molecule has 1 aromatic rings. The second-order valence-electron chi connectivity index (χ2n) is 20.8. The molecule has 1 saturated heterocycles. The van der Waals surface area contributed by atoms with Crippen LogP contribution in [0, 0.1) is 5.92 Å². The average molecular weight is 1180 g/mol. The van der Waals surface area contributed by atoms with Gasteiger partial charge in [0.05, 0.1) is 25.4 Å². The standard InChI is InChI=1S/C59H99N3O17P2/c1-4-6-29-37-49(63)38-31-25-21-19-22-26-32-39-50(64)40-33-28-35-42-55(66)77-51(45-74-54(65)41-34-27-23-18-16-14-12-10-8-7-9-11-13-15-17-20-24-30-36-48(3)5-2)46-75-80(70,71)79-81(72,73)76-47-52-56(67)57(68)58(78-52)62-44-43-53(60)61-59(62)69/h6,21-22,25-26,29,31-33,38-40,43-44,48-52,56-58,63-64,67-68H,4-5,7-20,23-24,27-28,30,34-37,41-42,45-47H2,1-3H3,(H,70,71)(H,72,73)(H2,60,61,69)/b25-21-,26-22-,29-6-,38-31+,39-32+,40-33-/t48?,49-,50-,51+,52+,56+,57+,58+/m0/s1. The highest BCUT2D eigenvalue weighted by Crippen LogP contribution is 2.60. The minimum absolute atomic E-state index is 0.0837. The van der Waals surface area contributed by atoms with Crippen molar-refractivity contribution in [1.82, 2.24) is 9.55 Å². The molecule has 1 aliphatic rings. The lowest BCUT2D eigenvalue weighted by Gasteiger charge is -2.21. The first kappa shape index (κ1) is 73.2. The third kappa shape index (κ3) is 37.1. The number of nitrogens with zero attached hydrogens (tertiary/aromatic N) is 2. The Hall–Kier alpha value is -3.88. The summed E-state index contributed by atoms with van der Waals surface area (Å²) in [5, 5.41) is 41.2. The van der Waals surface area contributed by atoms with Gasteiger partial charge in [-0.25, -0.2) is 13.9 Å². The van der Waals surface area contributed by atoms with Crippen molar-refractivity contribution in [3.63, 3.8) is 0 Å². The smallest absolute Gasteiger partial charge is 0.462 e. The summed E-state index contributed by atoms with van der Waals surface area (Å²) < 4.78 is 56.8. The minimum Gasteiger partial charge on any atom is -0.462 e. The Morgan fingerprint density at radius 1 is 0.716 bits per heavy atom. The van der Waals surface area contributed by atoms with Crippen LogP contribution >= 0.6 is 15.6 Å². The van der Waals surface area contributed by atoms with Gasteiger partial charge in [0.1, 0.15) is 30.7 Å². The van der Waals surface area contributed by atoms with Crippen molar-refractivity contribution < 1.29 is 76.5 Å². The number of anilines is 1. The maximum absolute atomic E-state index is 12.9. The number of phosphoric ester groups is 2. The maximum Gasteiger partial charge on any atom is 0.481 e. The molecule has 0 spiro atoms. The number of ether oxygens (including phenoxy) is 3. The van der Waals surface area contributed by atoms with E-state index in [1.54, 1.807) is 42.5 Å². The average Bonchev–Trinajstić information content (AvgIpc) is 3.90. The zero-order chi connectivity index (χ0) is 59.6. The van der Waals surface area contributed by atoms with Crippen molar-refractivity contribution in [2.75, 3.05) is 25.6 Å². The molecule has 0 saturated carbocycles. The van der Waals surface area contributed by atoms with Gasteiger partial charge < -0.3 is 50.2 Å². The fourth-order valence-corrected chi connectivity index (χ4v) is 10.7. The van der Waals surface area contributed by atoms with Crippen LogP contribution in [0.5, 0.6) is 0 Å². The zero-order valence-corrected chi connectivity index (χ0v) is 50.2. The Bertz CT molecular complexity index is 2200. The Morgan fingerprint density at radius 2 is 1.28 bits per heavy atom. The number of aromatic nitrogens is 2. The van der Waals surface area contributed by atoms with E-state index >= 15 is 0 Å². The molecular formula is C59H99N3O17P2. The van der Waals surface area contributed by atoms with Crippen LogP contribution in [-0.4, -0.2) is 108 Å².